The molecule has 0 saturated heterocycles. The van der Waals surface area contributed by atoms with Crippen LogP contribution in [0.3, 0.4) is 0 Å². The van der Waals surface area contributed by atoms with E-state index in [0.717, 1.165) is 5.56 Å². The molecule has 2 rings (SSSR count). The second kappa shape index (κ2) is 9.47. The summed E-state index contributed by atoms with van der Waals surface area (Å²) < 4.78 is 15.7. The Morgan fingerprint density at radius 1 is 0.963 bits per heavy atom. The van der Waals surface area contributed by atoms with Crippen LogP contribution in [0.2, 0.25) is 0 Å². The molecule has 0 fully saturated rings. The summed E-state index contributed by atoms with van der Waals surface area (Å²) in [5.74, 6) is 0.420. The number of carbonyl (C=O) groups excluding carboxylic acids is 2. The van der Waals surface area contributed by atoms with E-state index in [1.807, 2.05) is 37.3 Å². The summed E-state index contributed by atoms with van der Waals surface area (Å²) in [6.45, 7) is 1.74. The normalized spacial score (nSPS) is 11.3. The van der Waals surface area contributed by atoms with Gasteiger partial charge in [-0.05, 0) is 24.6 Å². The number of nitrogens with one attached hydrogen (secondary N) is 2. The maximum Gasteiger partial charge on any atom is 0.251 e. The number of carbonyl (C=O) groups is 2. The van der Waals surface area contributed by atoms with E-state index in [9.17, 15) is 9.59 Å². The first-order chi connectivity index (χ1) is 13.0. The summed E-state index contributed by atoms with van der Waals surface area (Å²) in [7, 11) is 4.42. The van der Waals surface area contributed by atoms with E-state index in [0.29, 0.717) is 22.8 Å². The van der Waals surface area contributed by atoms with Gasteiger partial charge in [-0.3, -0.25) is 9.59 Å². The van der Waals surface area contributed by atoms with E-state index in [2.05, 4.69) is 10.6 Å². The summed E-state index contributed by atoms with van der Waals surface area (Å²) in [6, 6.07) is 12.5. The first kappa shape index (κ1) is 20.1. The first-order valence-corrected chi connectivity index (χ1v) is 8.42. The molecule has 144 valence electrons. The molecule has 0 heterocycles. The average molecular weight is 372 g/mol. The quantitative estimate of drug-likeness (QED) is 0.743. The Balaban J connectivity index is 2.00. The summed E-state index contributed by atoms with van der Waals surface area (Å²) in [5, 5.41) is 5.44. The number of hydrogen-bond acceptors (Lipinski definition) is 5. The third-order valence-electron chi connectivity index (χ3n) is 4.01. The van der Waals surface area contributed by atoms with E-state index < -0.39 is 5.91 Å². The van der Waals surface area contributed by atoms with Crippen molar-refractivity contribution in [2.24, 2.45) is 0 Å². The van der Waals surface area contributed by atoms with Crippen molar-refractivity contribution in [3.63, 3.8) is 0 Å². The van der Waals surface area contributed by atoms with Crippen LogP contribution in [0.15, 0.2) is 42.5 Å². The molecule has 2 aromatic carbocycles. The van der Waals surface area contributed by atoms with Crippen LogP contribution in [0.4, 0.5) is 0 Å². The molecule has 0 aliphatic rings. The minimum absolute atomic E-state index is 0.146. The maximum absolute atomic E-state index is 12.4. The average Bonchev–Trinajstić information content (AvgIpc) is 2.71. The number of methoxy groups -OCH3 is 3. The third kappa shape index (κ3) is 5.13. The van der Waals surface area contributed by atoms with Gasteiger partial charge in [0.2, 0.25) is 11.7 Å². The SMILES string of the molecule is COc1cc(C(=O)NCC(=O)NC(C)c2ccccc2)cc(OC)c1OC. The van der Waals surface area contributed by atoms with Gasteiger partial charge in [-0.25, -0.2) is 0 Å². The number of ether oxygens (including phenoxy) is 3. The highest BCUT2D eigenvalue weighted by molar-refractivity contribution is 5.97. The third-order valence-corrected chi connectivity index (χ3v) is 4.01. The summed E-state index contributed by atoms with van der Waals surface area (Å²) in [4.78, 5) is 24.5. The molecule has 27 heavy (non-hydrogen) atoms. The number of benzene rings is 2. The molecule has 0 saturated carbocycles. The molecule has 1 atom stereocenters. The fourth-order valence-electron chi connectivity index (χ4n) is 2.59. The molecule has 2 amide bonds. The molecule has 7 heteroatoms. The molecule has 0 aromatic heterocycles. The van der Waals surface area contributed by atoms with Crippen LogP contribution in [0.5, 0.6) is 17.2 Å². The van der Waals surface area contributed by atoms with Crippen LogP contribution in [-0.4, -0.2) is 39.7 Å². The van der Waals surface area contributed by atoms with Crippen LogP contribution in [0, 0.1) is 0 Å². The van der Waals surface area contributed by atoms with Gasteiger partial charge in [0.1, 0.15) is 0 Å². The fourth-order valence-corrected chi connectivity index (χ4v) is 2.59. The molecule has 2 N–H and O–H groups in total. The van der Waals surface area contributed by atoms with Crippen LogP contribution in [0.25, 0.3) is 0 Å². The van der Waals surface area contributed by atoms with Crippen molar-refractivity contribution in [3.05, 3.63) is 53.6 Å². The Morgan fingerprint density at radius 2 is 1.56 bits per heavy atom. The largest absolute Gasteiger partial charge is 0.493 e. The lowest BCUT2D eigenvalue weighted by Gasteiger charge is -2.15. The molecular weight excluding hydrogens is 348 g/mol. The minimum atomic E-state index is -0.420. The molecule has 1 unspecified atom stereocenters. The topological polar surface area (TPSA) is 85.9 Å². The fraction of sp³-hybridized carbons (Fsp3) is 0.300. The Hall–Kier alpha value is -3.22. The van der Waals surface area contributed by atoms with Crippen molar-refractivity contribution in [1.29, 1.82) is 0 Å². The molecule has 0 bridgehead atoms. The monoisotopic (exact) mass is 372 g/mol. The van der Waals surface area contributed by atoms with Crippen LogP contribution >= 0.6 is 0 Å². The highest BCUT2D eigenvalue weighted by atomic mass is 16.5. The molecule has 0 aliphatic heterocycles. The van der Waals surface area contributed by atoms with E-state index in [4.69, 9.17) is 14.2 Å². The molecule has 2 aromatic rings. The van der Waals surface area contributed by atoms with E-state index >= 15 is 0 Å². The zero-order chi connectivity index (χ0) is 19.8. The van der Waals surface area contributed by atoms with Crippen molar-refractivity contribution in [3.8, 4) is 17.2 Å². The van der Waals surface area contributed by atoms with Crippen molar-refractivity contribution < 1.29 is 23.8 Å². The van der Waals surface area contributed by atoms with E-state index in [1.165, 1.54) is 33.5 Å². The zero-order valence-corrected chi connectivity index (χ0v) is 15.9. The number of rotatable bonds is 8. The molecular formula is C20H24N2O5. The standard InChI is InChI=1S/C20H24N2O5/c1-13(14-8-6-5-7-9-14)22-18(23)12-21-20(24)15-10-16(25-2)19(27-4)17(11-15)26-3/h5-11,13H,12H2,1-4H3,(H,21,24)(H,22,23). The second-order valence-corrected chi connectivity index (χ2v) is 5.80. The van der Waals surface area contributed by atoms with Gasteiger partial charge in [-0.2, -0.15) is 0 Å². The molecule has 0 radical (unpaired) electrons. The van der Waals surface area contributed by atoms with Crippen molar-refractivity contribution in [2.45, 2.75) is 13.0 Å². The Labute approximate surface area is 158 Å². The van der Waals surface area contributed by atoms with Crippen molar-refractivity contribution >= 4 is 11.8 Å². The van der Waals surface area contributed by atoms with Crippen molar-refractivity contribution in [1.82, 2.24) is 10.6 Å². The van der Waals surface area contributed by atoms with Gasteiger partial charge >= 0.3 is 0 Å². The van der Waals surface area contributed by atoms with E-state index in [1.54, 1.807) is 0 Å². The second-order valence-electron chi connectivity index (χ2n) is 5.80. The molecule has 0 aliphatic carbocycles. The lowest BCUT2D eigenvalue weighted by molar-refractivity contribution is -0.120. The Bertz CT molecular complexity index is 767. The van der Waals surface area contributed by atoms with Gasteiger partial charge in [-0.1, -0.05) is 30.3 Å². The highest BCUT2D eigenvalue weighted by Crippen LogP contribution is 2.38. The van der Waals surface area contributed by atoms with Crippen LogP contribution < -0.4 is 24.8 Å². The van der Waals surface area contributed by atoms with Gasteiger partial charge in [0, 0.05) is 5.56 Å². The van der Waals surface area contributed by atoms with Gasteiger partial charge < -0.3 is 24.8 Å². The summed E-state index contributed by atoms with van der Waals surface area (Å²) in [5.41, 5.74) is 1.29. The predicted molar refractivity (Wildman–Crippen MR) is 101 cm³/mol. The van der Waals surface area contributed by atoms with Gasteiger partial charge in [0.05, 0.1) is 33.9 Å². The molecule has 0 spiro atoms. The first-order valence-electron chi connectivity index (χ1n) is 8.42. The maximum atomic E-state index is 12.4. The molecule has 7 nitrogen and oxygen atoms in total. The van der Waals surface area contributed by atoms with Gasteiger partial charge in [0.15, 0.2) is 11.5 Å². The zero-order valence-electron chi connectivity index (χ0n) is 15.9. The summed E-state index contributed by atoms with van der Waals surface area (Å²) >= 11 is 0. The van der Waals surface area contributed by atoms with Crippen LogP contribution in [0.1, 0.15) is 28.9 Å². The highest BCUT2D eigenvalue weighted by Gasteiger charge is 2.18. The lowest BCUT2D eigenvalue weighted by atomic mass is 10.1. The summed E-state index contributed by atoms with van der Waals surface area (Å²) in [6.07, 6.45) is 0. The van der Waals surface area contributed by atoms with E-state index in [-0.39, 0.29) is 18.5 Å². The van der Waals surface area contributed by atoms with Crippen molar-refractivity contribution in [2.75, 3.05) is 27.9 Å². The number of amides is 2. The van der Waals surface area contributed by atoms with Crippen LogP contribution in [-0.2, 0) is 4.79 Å². The Morgan fingerprint density at radius 3 is 2.07 bits per heavy atom. The van der Waals surface area contributed by atoms with Gasteiger partial charge in [0.25, 0.3) is 5.91 Å². The van der Waals surface area contributed by atoms with Gasteiger partial charge in [-0.15, -0.1) is 0 Å². The smallest absolute Gasteiger partial charge is 0.251 e. The Kier molecular flexibility index (Phi) is 7.05. The number of hydrogen-bond donors (Lipinski definition) is 2. The predicted octanol–water partition coefficient (Wildman–Crippen LogP) is 2.32. The lowest BCUT2D eigenvalue weighted by Crippen LogP contribution is -2.38. The minimum Gasteiger partial charge on any atom is -0.493 e.